The van der Waals surface area contributed by atoms with E-state index in [-0.39, 0.29) is 22.9 Å². The molecule has 3 heteroatoms. The molecule has 2 aromatic rings. The van der Waals surface area contributed by atoms with Gasteiger partial charge in [0.25, 0.3) is 0 Å². The number of Topliss-reactive ketones (excluding diaryl/α,β-unsaturated/α-hetero) is 1. The van der Waals surface area contributed by atoms with E-state index in [4.69, 9.17) is 4.74 Å². The topological polar surface area (TPSA) is 46.5 Å². The van der Waals surface area contributed by atoms with E-state index < -0.39 is 0 Å². The zero-order valence-corrected chi connectivity index (χ0v) is 13.9. The number of ether oxygens (including phenoxy) is 1. The van der Waals surface area contributed by atoms with E-state index in [0.717, 1.165) is 28.9 Å². The van der Waals surface area contributed by atoms with Gasteiger partial charge in [0.05, 0.1) is 0 Å². The summed E-state index contributed by atoms with van der Waals surface area (Å²) in [5.74, 6) is 1.60. The number of phenols is 1. The number of ketones is 1. The van der Waals surface area contributed by atoms with Gasteiger partial charge in [-0.05, 0) is 17.0 Å². The predicted molar refractivity (Wildman–Crippen MR) is 92.1 cm³/mol. The Bertz CT molecular complexity index is 847. The summed E-state index contributed by atoms with van der Waals surface area (Å²) in [5.41, 5.74) is 2.68. The molecule has 1 aliphatic heterocycles. The quantitative estimate of drug-likeness (QED) is 0.838. The summed E-state index contributed by atoms with van der Waals surface area (Å²) < 4.78 is 6.07. The third-order valence-corrected chi connectivity index (χ3v) is 4.84. The number of hydrogen-bond donors (Lipinski definition) is 1. The fourth-order valence-corrected chi connectivity index (χ4v) is 3.82. The lowest BCUT2D eigenvalue weighted by Gasteiger charge is -2.38. The van der Waals surface area contributed by atoms with E-state index in [1.165, 1.54) is 0 Å². The Morgan fingerprint density at radius 3 is 2.58 bits per heavy atom. The van der Waals surface area contributed by atoms with E-state index in [2.05, 4.69) is 13.8 Å². The number of allylic oxidation sites excluding steroid dienone is 2. The van der Waals surface area contributed by atoms with Gasteiger partial charge in [-0.3, -0.25) is 4.79 Å². The van der Waals surface area contributed by atoms with Crippen LogP contribution < -0.4 is 4.74 Å². The van der Waals surface area contributed by atoms with Gasteiger partial charge in [-0.2, -0.15) is 0 Å². The number of carbonyl (C=O) groups excluding carboxylic acids is 1. The maximum atomic E-state index is 12.9. The van der Waals surface area contributed by atoms with Gasteiger partial charge in [-0.25, -0.2) is 0 Å². The van der Waals surface area contributed by atoms with Gasteiger partial charge in [-0.1, -0.05) is 50.2 Å². The van der Waals surface area contributed by atoms with E-state index in [9.17, 15) is 9.90 Å². The van der Waals surface area contributed by atoms with Crippen molar-refractivity contribution in [3.63, 3.8) is 0 Å². The summed E-state index contributed by atoms with van der Waals surface area (Å²) in [6.07, 6.45) is 1.26. The molecule has 0 fully saturated rings. The molecule has 24 heavy (non-hydrogen) atoms. The summed E-state index contributed by atoms with van der Waals surface area (Å²) in [7, 11) is 0. The Morgan fingerprint density at radius 2 is 1.83 bits per heavy atom. The molecule has 1 heterocycles. The Morgan fingerprint density at radius 1 is 1.08 bits per heavy atom. The maximum absolute atomic E-state index is 12.9. The highest BCUT2D eigenvalue weighted by Crippen LogP contribution is 2.50. The zero-order chi connectivity index (χ0) is 16.9. The number of hydrogen-bond acceptors (Lipinski definition) is 3. The molecule has 2 aromatic carbocycles. The van der Waals surface area contributed by atoms with Crippen LogP contribution in [0.2, 0.25) is 0 Å². The highest BCUT2D eigenvalue weighted by atomic mass is 16.5. The molecular formula is C21H20O3. The molecule has 1 aliphatic carbocycles. The first-order chi connectivity index (χ1) is 11.4. The van der Waals surface area contributed by atoms with E-state index in [1.807, 2.05) is 36.4 Å². The molecule has 0 aromatic heterocycles. The van der Waals surface area contributed by atoms with Crippen LogP contribution in [-0.4, -0.2) is 10.9 Å². The largest absolute Gasteiger partial charge is 0.508 e. The van der Waals surface area contributed by atoms with Crippen LogP contribution in [0.4, 0.5) is 0 Å². The Kier molecular flexibility index (Phi) is 3.27. The number of carbonyl (C=O) groups is 1. The van der Waals surface area contributed by atoms with Crippen molar-refractivity contribution in [2.75, 3.05) is 0 Å². The third-order valence-electron chi connectivity index (χ3n) is 4.84. The van der Waals surface area contributed by atoms with Crippen LogP contribution in [0.25, 0.3) is 0 Å². The van der Waals surface area contributed by atoms with Crippen molar-refractivity contribution < 1.29 is 14.6 Å². The standard InChI is InChI=1S/C21H20O3/c1-21(2)11-16(23)20-18(12-21)24-17-10-14(22)8-9-15(17)19(20)13-6-4-3-5-7-13/h3-10,19,22H,11-12H2,1-2H3/t19-/m0/s1. The molecule has 2 aliphatic rings. The Hall–Kier alpha value is -2.55. The van der Waals surface area contributed by atoms with Crippen molar-refractivity contribution in [2.24, 2.45) is 5.41 Å². The van der Waals surface area contributed by atoms with Crippen molar-refractivity contribution >= 4 is 5.78 Å². The summed E-state index contributed by atoms with van der Waals surface area (Å²) in [6, 6.07) is 15.2. The van der Waals surface area contributed by atoms with Crippen LogP contribution >= 0.6 is 0 Å². The smallest absolute Gasteiger partial charge is 0.163 e. The lowest BCUT2D eigenvalue weighted by Crippen LogP contribution is -2.32. The van der Waals surface area contributed by atoms with Gasteiger partial charge in [0.15, 0.2) is 5.78 Å². The molecular weight excluding hydrogens is 300 g/mol. The normalized spacial score (nSPS) is 21.8. The van der Waals surface area contributed by atoms with Gasteiger partial charge in [0, 0.05) is 36.0 Å². The monoisotopic (exact) mass is 320 g/mol. The summed E-state index contributed by atoms with van der Waals surface area (Å²) in [5, 5.41) is 9.83. The van der Waals surface area contributed by atoms with Crippen molar-refractivity contribution in [1.29, 1.82) is 0 Å². The fraction of sp³-hybridized carbons (Fsp3) is 0.286. The van der Waals surface area contributed by atoms with Crippen LogP contribution in [0.3, 0.4) is 0 Å². The number of phenolic OH excluding ortho intramolecular Hbond substituents is 1. The summed E-state index contributed by atoms with van der Waals surface area (Å²) in [6.45, 7) is 4.18. The number of benzene rings is 2. The predicted octanol–water partition coefficient (Wildman–Crippen LogP) is 4.56. The van der Waals surface area contributed by atoms with Crippen LogP contribution in [-0.2, 0) is 4.79 Å². The van der Waals surface area contributed by atoms with Crippen molar-refractivity contribution in [3.05, 3.63) is 71.0 Å². The molecule has 0 saturated heterocycles. The van der Waals surface area contributed by atoms with Crippen molar-refractivity contribution in [2.45, 2.75) is 32.6 Å². The second-order valence-corrected chi connectivity index (χ2v) is 7.45. The van der Waals surface area contributed by atoms with Crippen LogP contribution in [0.15, 0.2) is 59.9 Å². The summed E-state index contributed by atoms with van der Waals surface area (Å²) in [4.78, 5) is 12.9. The van der Waals surface area contributed by atoms with E-state index in [1.54, 1.807) is 12.1 Å². The molecule has 0 spiro atoms. The highest BCUT2D eigenvalue weighted by molar-refractivity contribution is 6.00. The number of fused-ring (bicyclic) bond motifs is 1. The molecule has 122 valence electrons. The summed E-state index contributed by atoms with van der Waals surface area (Å²) >= 11 is 0. The SMILES string of the molecule is CC1(C)CC(=O)C2=C(C1)Oc1cc(O)ccc1[C@@H]2c1ccccc1. The number of aromatic hydroxyl groups is 1. The molecule has 0 radical (unpaired) electrons. The Labute approximate surface area is 141 Å². The molecule has 0 amide bonds. The minimum atomic E-state index is -0.130. The zero-order valence-electron chi connectivity index (χ0n) is 13.9. The molecule has 4 rings (SSSR count). The lowest BCUT2D eigenvalue weighted by molar-refractivity contribution is -0.118. The first-order valence-corrected chi connectivity index (χ1v) is 8.26. The highest BCUT2D eigenvalue weighted by Gasteiger charge is 2.41. The lowest BCUT2D eigenvalue weighted by atomic mass is 9.70. The maximum Gasteiger partial charge on any atom is 0.163 e. The first-order valence-electron chi connectivity index (χ1n) is 8.26. The molecule has 0 unspecified atom stereocenters. The minimum absolute atomic E-state index is 0.106. The Balaban J connectivity index is 1.94. The fourth-order valence-electron chi connectivity index (χ4n) is 3.82. The third kappa shape index (κ3) is 2.41. The van der Waals surface area contributed by atoms with Gasteiger partial charge in [-0.15, -0.1) is 0 Å². The second-order valence-electron chi connectivity index (χ2n) is 7.45. The second kappa shape index (κ2) is 5.23. The van der Waals surface area contributed by atoms with Gasteiger partial charge < -0.3 is 9.84 Å². The van der Waals surface area contributed by atoms with Crippen molar-refractivity contribution in [3.8, 4) is 11.5 Å². The number of rotatable bonds is 1. The average Bonchev–Trinajstić information content (AvgIpc) is 2.52. The average molecular weight is 320 g/mol. The molecule has 1 atom stereocenters. The molecule has 3 nitrogen and oxygen atoms in total. The molecule has 0 saturated carbocycles. The molecule has 1 N–H and O–H groups in total. The molecule has 0 bridgehead atoms. The minimum Gasteiger partial charge on any atom is -0.508 e. The van der Waals surface area contributed by atoms with Gasteiger partial charge in [0.2, 0.25) is 0 Å². The van der Waals surface area contributed by atoms with Gasteiger partial charge >= 0.3 is 0 Å². The van der Waals surface area contributed by atoms with Gasteiger partial charge in [0.1, 0.15) is 17.3 Å². The van der Waals surface area contributed by atoms with Crippen molar-refractivity contribution in [1.82, 2.24) is 0 Å². The van der Waals surface area contributed by atoms with Crippen LogP contribution in [0, 0.1) is 5.41 Å². The van der Waals surface area contributed by atoms with E-state index in [0.29, 0.717) is 12.2 Å². The van der Waals surface area contributed by atoms with Crippen LogP contribution in [0.5, 0.6) is 11.5 Å². The van der Waals surface area contributed by atoms with Crippen LogP contribution in [0.1, 0.15) is 43.7 Å². The first kappa shape index (κ1) is 15.0. The van der Waals surface area contributed by atoms with E-state index >= 15 is 0 Å².